The summed E-state index contributed by atoms with van der Waals surface area (Å²) in [5.74, 6) is 0.285. The molecule has 3 N–H and O–H groups in total. The van der Waals surface area contributed by atoms with E-state index in [1.54, 1.807) is 0 Å². The molecule has 3 atom stereocenters. The predicted molar refractivity (Wildman–Crippen MR) is 48.3 cm³/mol. The first kappa shape index (κ1) is 10.9. The molecule has 0 aliphatic carbocycles. The molecule has 0 radical (unpaired) electrons. The number of aliphatic hydroxyl groups is 1. The average Bonchev–Trinajstić information content (AvgIpc) is 1.88. The van der Waals surface area contributed by atoms with Crippen LogP contribution in [0.25, 0.3) is 0 Å². The van der Waals surface area contributed by atoms with Gasteiger partial charge in [-0.3, -0.25) is 0 Å². The largest absolute Gasteiger partial charge is 0.388 e. The smallest absolute Gasteiger partial charge is 0.0792 e. The van der Waals surface area contributed by atoms with Gasteiger partial charge in [0.2, 0.25) is 0 Å². The Morgan fingerprint density at radius 2 is 1.91 bits per heavy atom. The fourth-order valence-electron chi connectivity index (χ4n) is 1.17. The number of hydrogen-bond acceptors (Lipinski definition) is 2. The Kier molecular flexibility index (Phi) is 4.04. The Balaban J connectivity index is 4.05. The Bertz CT molecular complexity index is 110. The second-order valence-electron chi connectivity index (χ2n) is 3.70. The molecular weight excluding hydrogens is 138 g/mol. The fraction of sp³-hybridized carbons (Fsp3) is 1.00. The first-order valence-corrected chi connectivity index (χ1v) is 4.40. The van der Waals surface area contributed by atoms with Gasteiger partial charge in [0, 0.05) is 6.04 Å². The van der Waals surface area contributed by atoms with Crippen molar-refractivity contribution in [3.05, 3.63) is 0 Å². The highest BCUT2D eigenvalue weighted by Gasteiger charge is 2.31. The zero-order valence-corrected chi connectivity index (χ0v) is 8.09. The lowest BCUT2D eigenvalue weighted by Gasteiger charge is -2.33. The molecule has 2 heteroatoms. The molecule has 0 aliphatic rings. The van der Waals surface area contributed by atoms with E-state index in [1.807, 2.05) is 20.8 Å². The van der Waals surface area contributed by atoms with Gasteiger partial charge in [-0.2, -0.15) is 0 Å². The van der Waals surface area contributed by atoms with E-state index in [4.69, 9.17) is 5.73 Å². The maximum Gasteiger partial charge on any atom is 0.0792 e. The van der Waals surface area contributed by atoms with Crippen molar-refractivity contribution in [2.75, 3.05) is 0 Å². The third-order valence-electron chi connectivity index (χ3n) is 2.64. The van der Waals surface area contributed by atoms with Gasteiger partial charge < -0.3 is 10.8 Å². The molecule has 0 bridgehead atoms. The molecule has 2 nitrogen and oxygen atoms in total. The molecule has 0 fully saturated rings. The van der Waals surface area contributed by atoms with Crippen molar-refractivity contribution in [3.63, 3.8) is 0 Å². The topological polar surface area (TPSA) is 46.2 Å². The van der Waals surface area contributed by atoms with Gasteiger partial charge in [0.25, 0.3) is 0 Å². The monoisotopic (exact) mass is 159 g/mol. The molecule has 68 valence electrons. The highest BCUT2D eigenvalue weighted by molar-refractivity contribution is 4.86. The summed E-state index contributed by atoms with van der Waals surface area (Å²) in [6.45, 7) is 7.84. The highest BCUT2D eigenvalue weighted by Crippen LogP contribution is 2.23. The minimum Gasteiger partial charge on any atom is -0.388 e. The third kappa shape index (κ3) is 2.80. The summed E-state index contributed by atoms with van der Waals surface area (Å²) < 4.78 is 0. The van der Waals surface area contributed by atoms with Crippen molar-refractivity contribution in [3.8, 4) is 0 Å². The lowest BCUT2D eigenvalue weighted by Crippen LogP contribution is -2.48. The van der Waals surface area contributed by atoms with Crippen LogP contribution in [-0.2, 0) is 0 Å². The lowest BCUT2D eigenvalue weighted by molar-refractivity contribution is -0.0159. The van der Waals surface area contributed by atoms with Gasteiger partial charge in [0.05, 0.1) is 5.60 Å². The first-order chi connectivity index (χ1) is 4.92. The van der Waals surface area contributed by atoms with Crippen LogP contribution < -0.4 is 5.73 Å². The zero-order chi connectivity index (χ0) is 9.07. The SMILES string of the molecule is CCCC(C)C(C)(O)C(C)N. The van der Waals surface area contributed by atoms with Crippen LogP contribution in [0.2, 0.25) is 0 Å². The van der Waals surface area contributed by atoms with E-state index in [9.17, 15) is 5.11 Å². The molecule has 0 spiro atoms. The Morgan fingerprint density at radius 3 is 2.18 bits per heavy atom. The molecule has 0 amide bonds. The molecule has 0 saturated heterocycles. The van der Waals surface area contributed by atoms with E-state index in [0.717, 1.165) is 12.8 Å². The van der Waals surface area contributed by atoms with Crippen LogP contribution in [0.5, 0.6) is 0 Å². The van der Waals surface area contributed by atoms with E-state index in [2.05, 4.69) is 6.92 Å². The maximum absolute atomic E-state index is 9.87. The van der Waals surface area contributed by atoms with Crippen molar-refractivity contribution in [1.82, 2.24) is 0 Å². The van der Waals surface area contributed by atoms with E-state index in [0.29, 0.717) is 0 Å². The molecule has 0 saturated carbocycles. The van der Waals surface area contributed by atoms with Crippen LogP contribution in [0.3, 0.4) is 0 Å². The Hall–Kier alpha value is -0.0800. The quantitative estimate of drug-likeness (QED) is 0.653. The van der Waals surface area contributed by atoms with Gasteiger partial charge in [-0.15, -0.1) is 0 Å². The van der Waals surface area contributed by atoms with Gasteiger partial charge in [-0.25, -0.2) is 0 Å². The summed E-state index contributed by atoms with van der Waals surface area (Å²) in [4.78, 5) is 0. The maximum atomic E-state index is 9.87. The van der Waals surface area contributed by atoms with Crippen molar-refractivity contribution >= 4 is 0 Å². The molecule has 0 aromatic heterocycles. The molecule has 3 unspecified atom stereocenters. The molecule has 0 heterocycles. The highest BCUT2D eigenvalue weighted by atomic mass is 16.3. The Morgan fingerprint density at radius 1 is 1.45 bits per heavy atom. The molecule has 0 aromatic rings. The molecule has 0 aliphatic heterocycles. The van der Waals surface area contributed by atoms with Crippen LogP contribution >= 0.6 is 0 Å². The van der Waals surface area contributed by atoms with E-state index in [-0.39, 0.29) is 12.0 Å². The normalized spacial score (nSPS) is 22.4. The van der Waals surface area contributed by atoms with Gasteiger partial charge in [0.1, 0.15) is 0 Å². The van der Waals surface area contributed by atoms with Gasteiger partial charge in [-0.1, -0.05) is 20.3 Å². The second-order valence-corrected chi connectivity index (χ2v) is 3.70. The van der Waals surface area contributed by atoms with Crippen molar-refractivity contribution in [2.24, 2.45) is 11.7 Å². The molecule has 11 heavy (non-hydrogen) atoms. The minimum absolute atomic E-state index is 0.149. The fourth-order valence-corrected chi connectivity index (χ4v) is 1.17. The van der Waals surface area contributed by atoms with Crippen molar-refractivity contribution < 1.29 is 5.11 Å². The summed E-state index contributed by atoms with van der Waals surface area (Å²) in [7, 11) is 0. The van der Waals surface area contributed by atoms with Crippen LogP contribution in [0.1, 0.15) is 40.5 Å². The van der Waals surface area contributed by atoms with Crippen LogP contribution in [0, 0.1) is 5.92 Å². The van der Waals surface area contributed by atoms with E-state index >= 15 is 0 Å². The second kappa shape index (κ2) is 4.07. The van der Waals surface area contributed by atoms with Crippen LogP contribution in [0.4, 0.5) is 0 Å². The summed E-state index contributed by atoms with van der Waals surface area (Å²) in [5.41, 5.74) is 4.94. The van der Waals surface area contributed by atoms with E-state index < -0.39 is 5.60 Å². The Labute approximate surface area is 69.8 Å². The van der Waals surface area contributed by atoms with Gasteiger partial charge in [0.15, 0.2) is 0 Å². The number of nitrogens with two attached hydrogens (primary N) is 1. The van der Waals surface area contributed by atoms with Crippen molar-refractivity contribution in [2.45, 2.75) is 52.2 Å². The van der Waals surface area contributed by atoms with E-state index in [1.165, 1.54) is 0 Å². The lowest BCUT2D eigenvalue weighted by atomic mass is 9.82. The molecular formula is C9H21NO. The molecule has 0 rings (SSSR count). The van der Waals surface area contributed by atoms with Gasteiger partial charge in [-0.05, 0) is 26.2 Å². The summed E-state index contributed by atoms with van der Waals surface area (Å²) in [6, 6.07) is -0.149. The average molecular weight is 159 g/mol. The summed E-state index contributed by atoms with van der Waals surface area (Å²) in [6.07, 6.45) is 2.14. The van der Waals surface area contributed by atoms with Crippen LogP contribution in [-0.4, -0.2) is 16.7 Å². The standard InChI is InChI=1S/C9H21NO/c1-5-6-7(2)9(4,11)8(3)10/h7-8,11H,5-6,10H2,1-4H3. The molecule has 0 aromatic carbocycles. The van der Waals surface area contributed by atoms with Gasteiger partial charge >= 0.3 is 0 Å². The first-order valence-electron chi connectivity index (χ1n) is 4.40. The van der Waals surface area contributed by atoms with Crippen molar-refractivity contribution in [1.29, 1.82) is 0 Å². The predicted octanol–water partition coefficient (Wildman–Crippen LogP) is 1.52. The third-order valence-corrected chi connectivity index (χ3v) is 2.64. The van der Waals surface area contributed by atoms with Crippen LogP contribution in [0.15, 0.2) is 0 Å². The number of rotatable bonds is 4. The summed E-state index contributed by atoms with van der Waals surface area (Å²) >= 11 is 0. The number of hydrogen-bond donors (Lipinski definition) is 2. The summed E-state index contributed by atoms with van der Waals surface area (Å²) in [5, 5.41) is 9.87. The minimum atomic E-state index is -0.712. The zero-order valence-electron chi connectivity index (χ0n) is 8.09.